The minimum absolute atomic E-state index is 0.0137. The number of carbonyl (C=O) groups is 1. The van der Waals surface area contributed by atoms with Crippen LogP contribution in [0.3, 0.4) is 0 Å². The number of nitrogens with zero attached hydrogens (tertiary/aromatic N) is 2. The number of amides is 1. The van der Waals surface area contributed by atoms with Gasteiger partial charge in [0.25, 0.3) is 5.91 Å². The zero-order valence-electron chi connectivity index (χ0n) is 14.8. The predicted octanol–water partition coefficient (Wildman–Crippen LogP) is 2.03. The van der Waals surface area contributed by atoms with E-state index in [4.69, 9.17) is 4.74 Å². The Hall–Kier alpha value is -1.70. The number of sulfonamides is 1. The molecule has 0 N–H and O–H groups in total. The molecule has 1 amide bonds. The second-order valence-electron chi connectivity index (χ2n) is 7.04. The van der Waals surface area contributed by atoms with Crippen LogP contribution in [-0.4, -0.2) is 62.9 Å². The minimum atomic E-state index is -3.52. The van der Waals surface area contributed by atoms with Gasteiger partial charge in [0.2, 0.25) is 10.0 Å². The van der Waals surface area contributed by atoms with Crippen molar-refractivity contribution in [3.63, 3.8) is 0 Å². The first-order chi connectivity index (χ1) is 12.6. The predicted molar refractivity (Wildman–Crippen MR) is 97.4 cm³/mol. The summed E-state index contributed by atoms with van der Waals surface area (Å²) in [6.45, 7) is 3.09. The van der Waals surface area contributed by atoms with Crippen LogP contribution in [0, 0.1) is 0 Å². The SMILES string of the molecule is O=C(c1ccc(S(=O)(=O)N2CCOCC2)cc1)N1CCC(=C2CC2)CC1. The fourth-order valence-corrected chi connectivity index (χ4v) is 5.05. The number of likely N-dealkylation sites (tertiary alicyclic amines) is 1. The number of ether oxygens (including phenoxy) is 1. The van der Waals surface area contributed by atoms with E-state index in [2.05, 4.69) is 0 Å². The highest BCUT2D eigenvalue weighted by atomic mass is 32.2. The number of benzene rings is 1. The number of piperidine rings is 1. The lowest BCUT2D eigenvalue weighted by molar-refractivity contribution is 0.0730. The molecule has 1 saturated carbocycles. The van der Waals surface area contributed by atoms with E-state index in [9.17, 15) is 13.2 Å². The van der Waals surface area contributed by atoms with Crippen LogP contribution in [0.1, 0.15) is 36.0 Å². The lowest BCUT2D eigenvalue weighted by Gasteiger charge is -2.29. The molecule has 2 heterocycles. The normalized spacial score (nSPS) is 21.8. The molecule has 3 aliphatic rings. The average molecular weight is 376 g/mol. The fraction of sp³-hybridized carbons (Fsp3) is 0.526. The molecule has 0 spiro atoms. The number of allylic oxidation sites excluding steroid dienone is 1. The van der Waals surface area contributed by atoms with Crippen molar-refractivity contribution >= 4 is 15.9 Å². The van der Waals surface area contributed by atoms with Gasteiger partial charge in [-0.3, -0.25) is 4.79 Å². The Bertz CT molecular complexity index is 808. The van der Waals surface area contributed by atoms with Crippen LogP contribution in [0.25, 0.3) is 0 Å². The van der Waals surface area contributed by atoms with E-state index in [1.165, 1.54) is 17.1 Å². The van der Waals surface area contributed by atoms with Gasteiger partial charge >= 0.3 is 0 Å². The maximum atomic E-state index is 12.7. The molecule has 6 nitrogen and oxygen atoms in total. The molecule has 1 aromatic carbocycles. The molecule has 2 saturated heterocycles. The van der Waals surface area contributed by atoms with Gasteiger partial charge < -0.3 is 9.64 Å². The Morgan fingerprint density at radius 3 is 2.00 bits per heavy atom. The van der Waals surface area contributed by atoms with Crippen molar-refractivity contribution in [2.24, 2.45) is 0 Å². The second kappa shape index (κ2) is 7.13. The van der Waals surface area contributed by atoms with Gasteiger partial charge in [0.1, 0.15) is 0 Å². The molecule has 0 atom stereocenters. The highest BCUT2D eigenvalue weighted by Gasteiger charge is 2.28. The van der Waals surface area contributed by atoms with Crippen LogP contribution in [-0.2, 0) is 14.8 Å². The Labute approximate surface area is 154 Å². The van der Waals surface area contributed by atoms with Crippen molar-refractivity contribution in [1.82, 2.24) is 9.21 Å². The van der Waals surface area contributed by atoms with Crippen molar-refractivity contribution in [2.45, 2.75) is 30.6 Å². The third-order valence-electron chi connectivity index (χ3n) is 5.36. The van der Waals surface area contributed by atoms with E-state index in [0.717, 1.165) is 25.9 Å². The van der Waals surface area contributed by atoms with Gasteiger partial charge in [-0.2, -0.15) is 4.31 Å². The van der Waals surface area contributed by atoms with Crippen molar-refractivity contribution in [3.8, 4) is 0 Å². The van der Waals surface area contributed by atoms with Gasteiger partial charge in [-0.15, -0.1) is 0 Å². The topological polar surface area (TPSA) is 66.9 Å². The fourth-order valence-electron chi connectivity index (χ4n) is 3.64. The van der Waals surface area contributed by atoms with E-state index in [0.29, 0.717) is 31.9 Å². The summed E-state index contributed by atoms with van der Waals surface area (Å²) < 4.78 is 31.9. The minimum Gasteiger partial charge on any atom is -0.379 e. The molecule has 4 rings (SSSR count). The lowest BCUT2D eigenvalue weighted by atomic mass is 10.0. The molecule has 2 aliphatic heterocycles. The number of rotatable bonds is 3. The molecule has 3 fully saturated rings. The van der Waals surface area contributed by atoms with Crippen molar-refractivity contribution < 1.29 is 17.9 Å². The molecule has 0 bridgehead atoms. The molecule has 0 aromatic heterocycles. The summed E-state index contributed by atoms with van der Waals surface area (Å²) in [7, 11) is -3.52. The van der Waals surface area contributed by atoms with Crippen molar-refractivity contribution in [1.29, 1.82) is 0 Å². The number of hydrogen-bond acceptors (Lipinski definition) is 4. The van der Waals surface area contributed by atoms with Crippen LogP contribution in [0.4, 0.5) is 0 Å². The summed E-state index contributed by atoms with van der Waals surface area (Å²) in [6.07, 6.45) is 4.43. The van der Waals surface area contributed by atoms with E-state index in [-0.39, 0.29) is 10.8 Å². The first-order valence-corrected chi connectivity index (χ1v) is 10.7. The van der Waals surface area contributed by atoms with Gasteiger partial charge in [0.15, 0.2) is 0 Å². The van der Waals surface area contributed by atoms with Crippen molar-refractivity contribution in [2.75, 3.05) is 39.4 Å². The zero-order chi connectivity index (χ0) is 18.1. The largest absolute Gasteiger partial charge is 0.379 e. The summed E-state index contributed by atoms with van der Waals surface area (Å²) in [5, 5.41) is 0. The molecular formula is C19H24N2O4S. The van der Waals surface area contributed by atoms with Crippen LogP contribution in [0.2, 0.25) is 0 Å². The molecule has 1 aromatic rings. The molecule has 7 heteroatoms. The van der Waals surface area contributed by atoms with Gasteiger partial charge in [-0.1, -0.05) is 11.1 Å². The molecule has 0 radical (unpaired) electrons. The van der Waals surface area contributed by atoms with Crippen molar-refractivity contribution in [3.05, 3.63) is 41.0 Å². The summed E-state index contributed by atoms with van der Waals surface area (Å²) >= 11 is 0. The van der Waals surface area contributed by atoms with Gasteiger partial charge in [-0.25, -0.2) is 8.42 Å². The molecule has 140 valence electrons. The van der Waals surface area contributed by atoms with Gasteiger partial charge in [0.05, 0.1) is 18.1 Å². The van der Waals surface area contributed by atoms with Gasteiger partial charge in [0, 0.05) is 31.7 Å². The average Bonchev–Trinajstić information content (AvgIpc) is 3.54. The molecule has 0 unspecified atom stereocenters. The van der Waals surface area contributed by atoms with E-state index >= 15 is 0 Å². The third kappa shape index (κ3) is 3.56. The maximum absolute atomic E-state index is 12.7. The Morgan fingerprint density at radius 1 is 0.846 bits per heavy atom. The standard InChI is InChI=1S/C19H24N2O4S/c22-19(20-9-7-16(8-10-20)15-1-2-15)17-3-5-18(6-4-17)26(23,24)21-11-13-25-14-12-21/h3-6H,1-2,7-14H2. The lowest BCUT2D eigenvalue weighted by Crippen LogP contribution is -2.40. The van der Waals surface area contributed by atoms with Crippen LogP contribution >= 0.6 is 0 Å². The summed E-state index contributed by atoms with van der Waals surface area (Å²) in [4.78, 5) is 14.8. The summed E-state index contributed by atoms with van der Waals surface area (Å²) in [5.74, 6) is -0.0137. The first kappa shape index (κ1) is 17.7. The maximum Gasteiger partial charge on any atom is 0.253 e. The van der Waals surface area contributed by atoms with E-state index in [1.54, 1.807) is 35.4 Å². The zero-order valence-corrected chi connectivity index (χ0v) is 15.6. The summed E-state index contributed by atoms with van der Waals surface area (Å²) in [6, 6.07) is 6.34. The quantitative estimate of drug-likeness (QED) is 0.757. The van der Waals surface area contributed by atoms with E-state index in [1.807, 2.05) is 4.90 Å². The number of hydrogen-bond donors (Lipinski definition) is 0. The number of morpholine rings is 1. The monoisotopic (exact) mass is 376 g/mol. The molecule has 1 aliphatic carbocycles. The Balaban J connectivity index is 1.44. The Kier molecular flexibility index (Phi) is 4.86. The van der Waals surface area contributed by atoms with Crippen LogP contribution in [0.5, 0.6) is 0 Å². The van der Waals surface area contributed by atoms with Crippen LogP contribution < -0.4 is 0 Å². The highest BCUT2D eigenvalue weighted by Crippen LogP contribution is 2.36. The van der Waals surface area contributed by atoms with E-state index < -0.39 is 10.0 Å². The van der Waals surface area contributed by atoms with Crippen LogP contribution in [0.15, 0.2) is 40.3 Å². The third-order valence-corrected chi connectivity index (χ3v) is 7.28. The molecule has 26 heavy (non-hydrogen) atoms. The summed E-state index contributed by atoms with van der Waals surface area (Å²) in [5.41, 5.74) is 3.68. The first-order valence-electron chi connectivity index (χ1n) is 9.23. The second-order valence-corrected chi connectivity index (χ2v) is 8.98. The highest BCUT2D eigenvalue weighted by molar-refractivity contribution is 7.89. The Morgan fingerprint density at radius 2 is 1.42 bits per heavy atom. The van der Waals surface area contributed by atoms with Gasteiger partial charge in [-0.05, 0) is 49.9 Å². The molecular weight excluding hydrogens is 352 g/mol. The smallest absolute Gasteiger partial charge is 0.253 e. The number of carbonyl (C=O) groups excluding carboxylic acids is 1.